The van der Waals surface area contributed by atoms with Gasteiger partial charge in [-0.25, -0.2) is 4.39 Å². The fraction of sp³-hybridized carbons (Fsp3) is 0.481. The third-order valence-electron chi connectivity index (χ3n) is 6.12. The Kier molecular flexibility index (Phi) is 7.72. The molecule has 3 rings (SSSR count). The Morgan fingerprint density at radius 3 is 2.29 bits per heavy atom. The third-order valence-corrected chi connectivity index (χ3v) is 6.12. The molecule has 0 atom stereocenters. The zero-order valence-electron chi connectivity index (χ0n) is 17.4. The van der Waals surface area contributed by atoms with E-state index in [0.717, 1.165) is 23.5 Å². The lowest BCUT2D eigenvalue weighted by atomic mass is 9.77. The normalized spacial score (nSPS) is 19.1. The van der Waals surface area contributed by atoms with Crippen LogP contribution < -0.4 is 0 Å². The monoisotopic (exact) mass is 376 g/mol. The van der Waals surface area contributed by atoms with E-state index < -0.39 is 0 Å². The number of unbranched alkanes of at least 4 members (excludes halogenated alkanes) is 1. The maximum atomic E-state index is 14.6. The quantitative estimate of drug-likeness (QED) is 0.454. The fourth-order valence-corrected chi connectivity index (χ4v) is 4.35. The number of benzene rings is 2. The predicted octanol–water partition coefficient (Wildman–Crippen LogP) is 7.64. The lowest BCUT2D eigenvalue weighted by molar-refractivity contribution is 0.308. The molecule has 0 aromatic heterocycles. The first-order valence-electron chi connectivity index (χ1n) is 11.1. The second-order valence-electron chi connectivity index (χ2n) is 8.30. The van der Waals surface area contributed by atoms with E-state index in [1.54, 1.807) is 6.07 Å². The predicted molar refractivity (Wildman–Crippen MR) is 117 cm³/mol. The van der Waals surface area contributed by atoms with Crippen LogP contribution in [0.15, 0.2) is 42.5 Å². The van der Waals surface area contributed by atoms with Crippen LogP contribution in [0.2, 0.25) is 0 Å². The maximum Gasteiger partial charge on any atom is 0.139 e. The summed E-state index contributed by atoms with van der Waals surface area (Å²) in [6, 6.07) is 14.0. The third kappa shape index (κ3) is 5.71. The van der Waals surface area contributed by atoms with Gasteiger partial charge in [0.2, 0.25) is 0 Å². The van der Waals surface area contributed by atoms with Crippen molar-refractivity contribution < 1.29 is 4.39 Å². The van der Waals surface area contributed by atoms with E-state index in [1.165, 1.54) is 56.9 Å². The molecule has 1 aliphatic rings. The highest BCUT2D eigenvalue weighted by Crippen LogP contribution is 2.37. The molecule has 1 heteroatoms. The first kappa shape index (κ1) is 20.7. The SMILES string of the molecule is CCCCc1ccc(C#Cc2ccc([C@H]3CC[C@H](CCC)CC3)cc2F)cc1. The van der Waals surface area contributed by atoms with E-state index in [-0.39, 0.29) is 5.82 Å². The summed E-state index contributed by atoms with van der Waals surface area (Å²) in [7, 11) is 0. The van der Waals surface area contributed by atoms with E-state index in [9.17, 15) is 4.39 Å². The summed E-state index contributed by atoms with van der Waals surface area (Å²) in [5.41, 5.74) is 3.94. The molecule has 0 N–H and O–H groups in total. The number of rotatable bonds is 6. The van der Waals surface area contributed by atoms with Crippen molar-refractivity contribution in [3.8, 4) is 11.8 Å². The molecule has 148 valence electrons. The van der Waals surface area contributed by atoms with Gasteiger partial charge in [-0.1, -0.05) is 63.1 Å². The Morgan fingerprint density at radius 1 is 0.893 bits per heavy atom. The number of hydrogen-bond donors (Lipinski definition) is 0. The molecule has 0 unspecified atom stereocenters. The van der Waals surface area contributed by atoms with Gasteiger partial charge in [-0.3, -0.25) is 0 Å². The highest BCUT2D eigenvalue weighted by molar-refractivity contribution is 5.45. The molecule has 0 nitrogen and oxygen atoms in total. The maximum absolute atomic E-state index is 14.6. The summed E-state index contributed by atoms with van der Waals surface area (Å²) in [5.74, 6) is 7.35. The Labute approximate surface area is 170 Å². The van der Waals surface area contributed by atoms with Crippen LogP contribution in [0.3, 0.4) is 0 Å². The summed E-state index contributed by atoms with van der Waals surface area (Å²) >= 11 is 0. The first-order valence-corrected chi connectivity index (χ1v) is 11.1. The van der Waals surface area contributed by atoms with E-state index in [1.807, 2.05) is 18.2 Å². The Balaban J connectivity index is 1.63. The average molecular weight is 377 g/mol. The molecule has 1 saturated carbocycles. The van der Waals surface area contributed by atoms with Gasteiger partial charge in [-0.15, -0.1) is 0 Å². The van der Waals surface area contributed by atoms with Crippen molar-refractivity contribution in [1.29, 1.82) is 0 Å². The van der Waals surface area contributed by atoms with Crippen molar-refractivity contribution in [3.63, 3.8) is 0 Å². The molecule has 0 aliphatic heterocycles. The highest BCUT2D eigenvalue weighted by Gasteiger charge is 2.22. The van der Waals surface area contributed by atoms with Crippen molar-refractivity contribution in [2.24, 2.45) is 5.92 Å². The van der Waals surface area contributed by atoms with Gasteiger partial charge >= 0.3 is 0 Å². The summed E-state index contributed by atoms with van der Waals surface area (Å²) in [6.45, 7) is 4.47. The molecule has 0 amide bonds. The Hall–Kier alpha value is -2.07. The van der Waals surface area contributed by atoms with E-state index in [2.05, 4.69) is 43.9 Å². The molecule has 2 aromatic rings. The van der Waals surface area contributed by atoms with Crippen LogP contribution in [-0.4, -0.2) is 0 Å². The molecule has 0 heterocycles. The zero-order valence-corrected chi connectivity index (χ0v) is 17.4. The Bertz CT molecular complexity index is 798. The fourth-order valence-electron chi connectivity index (χ4n) is 4.35. The second-order valence-corrected chi connectivity index (χ2v) is 8.30. The largest absolute Gasteiger partial charge is 0.206 e. The van der Waals surface area contributed by atoms with Gasteiger partial charge in [-0.2, -0.15) is 0 Å². The molecule has 0 saturated heterocycles. The molecule has 28 heavy (non-hydrogen) atoms. The topological polar surface area (TPSA) is 0 Å². The lowest BCUT2D eigenvalue weighted by Gasteiger charge is -2.28. The average Bonchev–Trinajstić information content (AvgIpc) is 2.73. The van der Waals surface area contributed by atoms with Gasteiger partial charge in [0.1, 0.15) is 5.82 Å². The molecule has 0 radical (unpaired) electrons. The van der Waals surface area contributed by atoms with Crippen molar-refractivity contribution in [1.82, 2.24) is 0 Å². The van der Waals surface area contributed by atoms with Gasteiger partial charge in [0.15, 0.2) is 0 Å². The summed E-state index contributed by atoms with van der Waals surface area (Å²) in [6.07, 6.45) is 11.1. The standard InChI is InChI=1S/C27H33F/c1-3-5-7-22-8-10-23(11-9-22)14-17-25-18-19-26(20-27(25)28)24-15-12-21(6-4-2)13-16-24/h8-11,18-21,24H,3-7,12-13,15-16H2,1-2H3/t21-,24-. The van der Waals surface area contributed by atoms with Gasteiger partial charge in [0.05, 0.1) is 5.56 Å². The lowest BCUT2D eigenvalue weighted by Crippen LogP contribution is -2.13. The van der Waals surface area contributed by atoms with Crippen LogP contribution in [0, 0.1) is 23.6 Å². The van der Waals surface area contributed by atoms with Crippen LogP contribution in [0.4, 0.5) is 4.39 Å². The minimum Gasteiger partial charge on any atom is -0.206 e. The van der Waals surface area contributed by atoms with Crippen molar-refractivity contribution in [2.75, 3.05) is 0 Å². The number of aryl methyl sites for hydroxylation is 1. The van der Waals surface area contributed by atoms with Crippen LogP contribution in [0.1, 0.15) is 93.4 Å². The zero-order chi connectivity index (χ0) is 19.8. The van der Waals surface area contributed by atoms with Crippen molar-refractivity contribution in [3.05, 3.63) is 70.5 Å². The van der Waals surface area contributed by atoms with Crippen LogP contribution >= 0.6 is 0 Å². The molecule has 2 aromatic carbocycles. The van der Waals surface area contributed by atoms with Gasteiger partial charge in [-0.05, 0) is 85.8 Å². The van der Waals surface area contributed by atoms with Gasteiger partial charge in [0, 0.05) is 5.56 Å². The van der Waals surface area contributed by atoms with E-state index in [0.29, 0.717) is 11.5 Å². The Morgan fingerprint density at radius 2 is 1.64 bits per heavy atom. The molecule has 1 aliphatic carbocycles. The number of halogens is 1. The minimum absolute atomic E-state index is 0.180. The van der Waals surface area contributed by atoms with Gasteiger partial charge < -0.3 is 0 Å². The smallest absolute Gasteiger partial charge is 0.139 e. The molecular formula is C27H33F. The molecular weight excluding hydrogens is 343 g/mol. The van der Waals surface area contributed by atoms with E-state index in [4.69, 9.17) is 0 Å². The van der Waals surface area contributed by atoms with Crippen molar-refractivity contribution >= 4 is 0 Å². The number of hydrogen-bond acceptors (Lipinski definition) is 0. The summed E-state index contributed by atoms with van der Waals surface area (Å²) in [5, 5.41) is 0. The minimum atomic E-state index is -0.180. The highest BCUT2D eigenvalue weighted by atomic mass is 19.1. The van der Waals surface area contributed by atoms with Crippen LogP contribution in [0.5, 0.6) is 0 Å². The first-order chi connectivity index (χ1) is 13.7. The van der Waals surface area contributed by atoms with Crippen LogP contribution in [0.25, 0.3) is 0 Å². The van der Waals surface area contributed by atoms with Crippen LogP contribution in [-0.2, 0) is 6.42 Å². The molecule has 1 fully saturated rings. The molecule has 0 bridgehead atoms. The van der Waals surface area contributed by atoms with E-state index >= 15 is 0 Å². The second kappa shape index (κ2) is 10.5. The van der Waals surface area contributed by atoms with Crippen molar-refractivity contribution in [2.45, 2.75) is 77.6 Å². The van der Waals surface area contributed by atoms with Gasteiger partial charge in [0.25, 0.3) is 0 Å². The summed E-state index contributed by atoms with van der Waals surface area (Å²) in [4.78, 5) is 0. The summed E-state index contributed by atoms with van der Waals surface area (Å²) < 4.78 is 14.6. The molecule has 0 spiro atoms.